The van der Waals surface area contributed by atoms with E-state index in [4.69, 9.17) is 0 Å². The van der Waals surface area contributed by atoms with E-state index in [1.807, 2.05) is 26.8 Å². The molecule has 0 spiro atoms. The van der Waals surface area contributed by atoms with E-state index in [2.05, 4.69) is 0 Å². The van der Waals surface area contributed by atoms with Gasteiger partial charge in [0.2, 0.25) is 0 Å². The van der Waals surface area contributed by atoms with Gasteiger partial charge >= 0.3 is 5.92 Å². The van der Waals surface area contributed by atoms with E-state index in [1.165, 1.54) is 24.3 Å². The molecular weight excluding hydrogens is 297 g/mol. The number of hydrogen-bond acceptors (Lipinski definition) is 0. The highest BCUT2D eigenvalue weighted by Gasteiger charge is 2.39. The molecule has 1 saturated carbocycles. The Bertz CT molecular complexity index is 722. The molecule has 0 bridgehead atoms. The van der Waals surface area contributed by atoms with Crippen molar-refractivity contribution >= 4 is 0 Å². The van der Waals surface area contributed by atoms with E-state index < -0.39 is 22.7 Å². The molecule has 122 valence electrons. The monoisotopic (exact) mass is 318 g/mol. The summed E-state index contributed by atoms with van der Waals surface area (Å²) >= 11 is 0. The van der Waals surface area contributed by atoms with Gasteiger partial charge in [0.05, 0.1) is 5.56 Å². The lowest BCUT2D eigenvalue weighted by molar-refractivity contribution is 0.0385. The SMILES string of the molecule is CC(C)(C)c1cccc(C(F)(F)c2cccc(C3CC3)c2)c1F. The van der Waals surface area contributed by atoms with E-state index in [0.717, 1.165) is 18.4 Å². The van der Waals surface area contributed by atoms with Crippen LogP contribution in [0.5, 0.6) is 0 Å². The Morgan fingerprint density at radius 3 is 2.13 bits per heavy atom. The van der Waals surface area contributed by atoms with Gasteiger partial charge < -0.3 is 0 Å². The van der Waals surface area contributed by atoms with Crippen molar-refractivity contribution in [3.63, 3.8) is 0 Å². The van der Waals surface area contributed by atoms with Gasteiger partial charge in [-0.2, -0.15) is 8.78 Å². The fraction of sp³-hybridized carbons (Fsp3) is 0.400. The highest BCUT2D eigenvalue weighted by molar-refractivity contribution is 5.41. The lowest BCUT2D eigenvalue weighted by Gasteiger charge is -2.24. The minimum atomic E-state index is -3.34. The van der Waals surface area contributed by atoms with Crippen molar-refractivity contribution in [2.24, 2.45) is 0 Å². The Morgan fingerprint density at radius 1 is 0.913 bits per heavy atom. The second-order valence-corrected chi connectivity index (χ2v) is 7.39. The number of halogens is 3. The average molecular weight is 318 g/mol. The van der Waals surface area contributed by atoms with Crippen molar-refractivity contribution < 1.29 is 13.2 Å². The molecule has 3 heteroatoms. The first-order chi connectivity index (χ1) is 10.7. The standard InChI is InChI=1S/C20H21F3/c1-19(2,3)16-8-5-9-17(18(16)21)20(22,23)15-7-4-6-14(12-15)13-10-11-13/h4-9,12-13H,10-11H2,1-3H3. The van der Waals surface area contributed by atoms with Crippen LogP contribution >= 0.6 is 0 Å². The maximum atomic E-state index is 14.9. The van der Waals surface area contributed by atoms with Crippen LogP contribution in [0.2, 0.25) is 0 Å². The Labute approximate surface area is 135 Å². The topological polar surface area (TPSA) is 0 Å². The van der Waals surface area contributed by atoms with Crippen LogP contribution in [-0.2, 0) is 11.3 Å². The van der Waals surface area contributed by atoms with Gasteiger partial charge in [-0.25, -0.2) is 4.39 Å². The van der Waals surface area contributed by atoms with Gasteiger partial charge in [0, 0.05) is 5.56 Å². The summed E-state index contributed by atoms with van der Waals surface area (Å²) in [4.78, 5) is 0. The Hall–Kier alpha value is -1.77. The summed E-state index contributed by atoms with van der Waals surface area (Å²) in [6.45, 7) is 5.46. The van der Waals surface area contributed by atoms with Crippen LogP contribution in [0, 0.1) is 5.82 Å². The zero-order chi connectivity index (χ0) is 16.8. The van der Waals surface area contributed by atoms with Crippen LogP contribution in [0.3, 0.4) is 0 Å². The summed E-state index contributed by atoms with van der Waals surface area (Å²) < 4.78 is 44.6. The zero-order valence-electron chi connectivity index (χ0n) is 13.7. The van der Waals surface area contributed by atoms with Crippen molar-refractivity contribution in [1.82, 2.24) is 0 Å². The summed E-state index contributed by atoms with van der Waals surface area (Å²) in [7, 11) is 0. The first kappa shape index (κ1) is 16.1. The fourth-order valence-corrected chi connectivity index (χ4v) is 2.91. The second kappa shape index (κ2) is 5.40. The average Bonchev–Trinajstić information content (AvgIpc) is 3.31. The largest absolute Gasteiger partial charge is 0.301 e. The Balaban J connectivity index is 2.07. The van der Waals surface area contributed by atoms with Crippen molar-refractivity contribution in [3.05, 3.63) is 70.5 Å². The molecule has 0 N–H and O–H groups in total. The van der Waals surface area contributed by atoms with E-state index in [0.29, 0.717) is 11.5 Å². The van der Waals surface area contributed by atoms with Crippen LogP contribution in [0.4, 0.5) is 13.2 Å². The predicted molar refractivity (Wildman–Crippen MR) is 86.5 cm³/mol. The molecule has 3 rings (SSSR count). The molecule has 0 aliphatic heterocycles. The zero-order valence-corrected chi connectivity index (χ0v) is 13.7. The molecule has 0 unspecified atom stereocenters. The summed E-state index contributed by atoms with van der Waals surface area (Å²) in [6.07, 6.45) is 2.09. The molecule has 2 aromatic rings. The third-order valence-corrected chi connectivity index (χ3v) is 4.44. The Kier molecular flexibility index (Phi) is 3.78. The third kappa shape index (κ3) is 3.01. The van der Waals surface area contributed by atoms with Crippen LogP contribution in [-0.4, -0.2) is 0 Å². The second-order valence-electron chi connectivity index (χ2n) is 7.39. The molecule has 23 heavy (non-hydrogen) atoms. The first-order valence-electron chi connectivity index (χ1n) is 7.99. The third-order valence-electron chi connectivity index (χ3n) is 4.44. The molecule has 0 radical (unpaired) electrons. The van der Waals surface area contributed by atoms with Crippen molar-refractivity contribution in [1.29, 1.82) is 0 Å². The molecule has 1 aliphatic rings. The molecular formula is C20H21F3. The van der Waals surface area contributed by atoms with Gasteiger partial charge in [0.1, 0.15) is 5.82 Å². The van der Waals surface area contributed by atoms with Crippen LogP contribution < -0.4 is 0 Å². The molecule has 0 atom stereocenters. The van der Waals surface area contributed by atoms with E-state index >= 15 is 0 Å². The van der Waals surface area contributed by atoms with Crippen LogP contribution in [0.1, 0.15) is 61.8 Å². The number of alkyl halides is 2. The molecule has 1 fully saturated rings. The minimum Gasteiger partial charge on any atom is -0.206 e. The summed E-state index contributed by atoms with van der Waals surface area (Å²) in [5, 5.41) is 0. The van der Waals surface area contributed by atoms with Crippen molar-refractivity contribution in [2.45, 2.75) is 50.9 Å². The van der Waals surface area contributed by atoms with E-state index in [9.17, 15) is 13.2 Å². The van der Waals surface area contributed by atoms with E-state index in [1.54, 1.807) is 12.1 Å². The van der Waals surface area contributed by atoms with Crippen molar-refractivity contribution in [2.75, 3.05) is 0 Å². The number of benzene rings is 2. The lowest BCUT2D eigenvalue weighted by Crippen LogP contribution is -2.21. The normalized spacial score (nSPS) is 15.7. The lowest BCUT2D eigenvalue weighted by atomic mass is 9.84. The maximum absolute atomic E-state index is 14.9. The van der Waals surface area contributed by atoms with Crippen molar-refractivity contribution in [3.8, 4) is 0 Å². The number of rotatable bonds is 3. The predicted octanol–water partition coefficient (Wildman–Crippen LogP) is 6.14. The molecule has 0 amide bonds. The Morgan fingerprint density at radius 2 is 1.52 bits per heavy atom. The van der Waals surface area contributed by atoms with Crippen LogP contribution in [0.15, 0.2) is 42.5 Å². The molecule has 0 heterocycles. The smallest absolute Gasteiger partial charge is 0.206 e. The number of hydrogen-bond donors (Lipinski definition) is 0. The van der Waals surface area contributed by atoms with E-state index in [-0.39, 0.29) is 5.56 Å². The van der Waals surface area contributed by atoms with Gasteiger partial charge in [-0.3, -0.25) is 0 Å². The highest BCUT2D eigenvalue weighted by Crippen LogP contribution is 2.44. The highest BCUT2D eigenvalue weighted by atomic mass is 19.3. The summed E-state index contributed by atoms with van der Waals surface area (Å²) in [5.74, 6) is -3.76. The molecule has 0 nitrogen and oxygen atoms in total. The first-order valence-corrected chi connectivity index (χ1v) is 7.99. The molecule has 1 aliphatic carbocycles. The molecule has 0 saturated heterocycles. The fourth-order valence-electron chi connectivity index (χ4n) is 2.91. The summed E-state index contributed by atoms with van der Waals surface area (Å²) in [5.41, 5.74) is 0.0405. The quantitative estimate of drug-likeness (QED) is 0.637. The minimum absolute atomic E-state index is 0.133. The van der Waals surface area contributed by atoms with Gasteiger partial charge in [-0.1, -0.05) is 51.1 Å². The molecule has 2 aromatic carbocycles. The van der Waals surface area contributed by atoms with Gasteiger partial charge in [-0.05, 0) is 47.4 Å². The van der Waals surface area contributed by atoms with Crippen LogP contribution in [0.25, 0.3) is 0 Å². The maximum Gasteiger partial charge on any atom is 0.301 e. The molecule has 0 aromatic heterocycles. The van der Waals surface area contributed by atoms with Gasteiger partial charge in [-0.15, -0.1) is 0 Å². The van der Waals surface area contributed by atoms with Gasteiger partial charge in [0.15, 0.2) is 0 Å². The van der Waals surface area contributed by atoms with Gasteiger partial charge in [0.25, 0.3) is 0 Å². The summed E-state index contributed by atoms with van der Waals surface area (Å²) in [6, 6.07) is 10.7.